The Labute approximate surface area is 186 Å². The van der Waals surface area contributed by atoms with Crippen molar-refractivity contribution >= 4 is 12.0 Å². The van der Waals surface area contributed by atoms with Crippen LogP contribution in [0.5, 0.6) is 5.75 Å². The number of halogens is 1. The van der Waals surface area contributed by atoms with E-state index < -0.39 is 12.1 Å². The summed E-state index contributed by atoms with van der Waals surface area (Å²) >= 11 is 0. The molecule has 0 bridgehead atoms. The van der Waals surface area contributed by atoms with E-state index in [4.69, 9.17) is 9.84 Å². The monoisotopic (exact) mass is 432 g/mol. The van der Waals surface area contributed by atoms with Crippen LogP contribution in [-0.2, 0) is 19.4 Å². The van der Waals surface area contributed by atoms with Crippen LogP contribution in [0.15, 0.2) is 66.7 Å². The van der Waals surface area contributed by atoms with Crippen LogP contribution in [0.2, 0.25) is 0 Å². The highest BCUT2D eigenvalue weighted by Gasteiger charge is 2.18. The lowest BCUT2D eigenvalue weighted by atomic mass is 9.88. The van der Waals surface area contributed by atoms with Gasteiger partial charge in [0.1, 0.15) is 18.2 Å². The molecule has 1 aliphatic carbocycles. The molecule has 1 unspecified atom stereocenters. The Balaban J connectivity index is 1.54. The lowest BCUT2D eigenvalue weighted by molar-refractivity contribution is 0.0697. The molecule has 5 heteroatoms. The lowest BCUT2D eigenvalue weighted by Gasteiger charge is -2.22. The fourth-order valence-corrected chi connectivity index (χ4v) is 3.94. The molecule has 0 saturated carbocycles. The first-order valence-corrected chi connectivity index (χ1v) is 10.7. The fourth-order valence-electron chi connectivity index (χ4n) is 3.94. The molecular formula is C27H25FO4. The van der Waals surface area contributed by atoms with Gasteiger partial charge < -0.3 is 14.9 Å². The normalized spacial score (nSPS) is 14.2. The minimum atomic E-state index is -0.970. The molecule has 0 spiro atoms. The number of rotatable bonds is 7. The summed E-state index contributed by atoms with van der Waals surface area (Å²) in [5.74, 6) is -0.483. The van der Waals surface area contributed by atoms with Crippen LogP contribution in [0.1, 0.15) is 57.1 Å². The minimum Gasteiger partial charge on any atom is -0.489 e. The van der Waals surface area contributed by atoms with Crippen molar-refractivity contribution in [2.24, 2.45) is 0 Å². The zero-order chi connectivity index (χ0) is 22.5. The SMILES string of the molecule is O=C(O)c1ccc(/C=C/C(O)c2cc3c(c(OCc4ccc(F)cc4)c2)CCCC3)cc1. The molecular weight excluding hydrogens is 407 g/mol. The number of aliphatic hydroxyl groups excluding tert-OH is 1. The van der Waals surface area contributed by atoms with Crippen molar-refractivity contribution in [1.82, 2.24) is 0 Å². The number of hydrogen-bond donors (Lipinski definition) is 2. The molecule has 0 aromatic heterocycles. The van der Waals surface area contributed by atoms with E-state index in [2.05, 4.69) is 0 Å². The Kier molecular flexibility index (Phi) is 6.66. The summed E-state index contributed by atoms with van der Waals surface area (Å²) in [6, 6.07) is 16.7. The minimum absolute atomic E-state index is 0.223. The standard InChI is InChI=1S/C27H25FO4/c28-23-12-7-19(8-13-23)17-32-26-16-22(15-21-3-1-2-4-24(21)26)25(29)14-9-18-5-10-20(11-6-18)27(30)31/h5-16,25,29H,1-4,17H2,(H,30,31)/b14-9+. The first kappa shape index (κ1) is 21.8. The summed E-state index contributed by atoms with van der Waals surface area (Å²) in [5.41, 5.74) is 5.04. The highest BCUT2D eigenvalue weighted by atomic mass is 19.1. The van der Waals surface area contributed by atoms with Crippen molar-refractivity contribution in [2.45, 2.75) is 38.4 Å². The second kappa shape index (κ2) is 9.79. The quantitative estimate of drug-likeness (QED) is 0.500. The molecule has 164 valence electrons. The van der Waals surface area contributed by atoms with Gasteiger partial charge in [-0.1, -0.05) is 42.5 Å². The second-order valence-corrected chi connectivity index (χ2v) is 8.01. The summed E-state index contributed by atoms with van der Waals surface area (Å²) in [6.07, 6.45) is 6.73. The number of fused-ring (bicyclic) bond motifs is 1. The average Bonchev–Trinajstić information content (AvgIpc) is 2.82. The lowest BCUT2D eigenvalue weighted by Crippen LogP contribution is -2.09. The highest BCUT2D eigenvalue weighted by Crippen LogP contribution is 2.34. The van der Waals surface area contributed by atoms with Gasteiger partial charge in [0, 0.05) is 0 Å². The van der Waals surface area contributed by atoms with Gasteiger partial charge in [0.25, 0.3) is 0 Å². The van der Waals surface area contributed by atoms with Gasteiger partial charge in [0.05, 0.1) is 11.7 Å². The van der Waals surface area contributed by atoms with Crippen LogP contribution in [-0.4, -0.2) is 16.2 Å². The number of hydrogen-bond acceptors (Lipinski definition) is 3. The Morgan fingerprint density at radius 2 is 1.75 bits per heavy atom. The third-order valence-electron chi connectivity index (χ3n) is 5.72. The summed E-state index contributed by atoms with van der Waals surface area (Å²) in [4.78, 5) is 11.0. The first-order valence-electron chi connectivity index (χ1n) is 10.7. The average molecular weight is 432 g/mol. The number of aromatic carboxylic acids is 1. The van der Waals surface area contributed by atoms with Crippen LogP contribution in [0, 0.1) is 5.82 Å². The predicted octanol–water partition coefficient (Wildman–Crippen LogP) is 5.73. The van der Waals surface area contributed by atoms with Crippen molar-refractivity contribution in [1.29, 1.82) is 0 Å². The van der Waals surface area contributed by atoms with E-state index >= 15 is 0 Å². The molecule has 3 aromatic rings. The van der Waals surface area contributed by atoms with Gasteiger partial charge in [-0.25, -0.2) is 9.18 Å². The molecule has 3 aromatic carbocycles. The zero-order valence-corrected chi connectivity index (χ0v) is 17.6. The molecule has 32 heavy (non-hydrogen) atoms. The Bertz CT molecular complexity index is 1120. The summed E-state index contributed by atoms with van der Waals surface area (Å²) < 4.78 is 19.3. The Hall–Kier alpha value is -3.44. The Morgan fingerprint density at radius 1 is 1.03 bits per heavy atom. The smallest absolute Gasteiger partial charge is 0.335 e. The molecule has 4 rings (SSSR count). The summed E-state index contributed by atoms with van der Waals surface area (Å²) in [6.45, 7) is 0.331. The summed E-state index contributed by atoms with van der Waals surface area (Å²) in [7, 11) is 0. The number of carbonyl (C=O) groups is 1. The molecule has 0 radical (unpaired) electrons. The van der Waals surface area contributed by atoms with E-state index in [-0.39, 0.29) is 11.4 Å². The van der Waals surface area contributed by atoms with Crippen molar-refractivity contribution in [2.75, 3.05) is 0 Å². The predicted molar refractivity (Wildman–Crippen MR) is 121 cm³/mol. The number of benzene rings is 3. The van der Waals surface area contributed by atoms with Crippen LogP contribution >= 0.6 is 0 Å². The Morgan fingerprint density at radius 3 is 2.47 bits per heavy atom. The third kappa shape index (κ3) is 5.24. The zero-order valence-electron chi connectivity index (χ0n) is 17.6. The van der Waals surface area contributed by atoms with Crippen molar-refractivity contribution in [3.8, 4) is 5.75 Å². The maximum Gasteiger partial charge on any atom is 0.335 e. The van der Waals surface area contributed by atoms with Gasteiger partial charge in [-0.3, -0.25) is 0 Å². The van der Waals surface area contributed by atoms with E-state index in [0.29, 0.717) is 6.61 Å². The number of aliphatic hydroxyl groups is 1. The van der Waals surface area contributed by atoms with Crippen molar-refractivity contribution in [3.63, 3.8) is 0 Å². The van der Waals surface area contributed by atoms with Gasteiger partial charge >= 0.3 is 5.97 Å². The van der Waals surface area contributed by atoms with Crippen molar-refractivity contribution < 1.29 is 24.1 Å². The van der Waals surface area contributed by atoms with Crippen LogP contribution in [0.3, 0.4) is 0 Å². The number of aryl methyl sites for hydroxylation is 1. The topological polar surface area (TPSA) is 66.8 Å². The molecule has 0 amide bonds. The molecule has 0 fully saturated rings. The second-order valence-electron chi connectivity index (χ2n) is 8.01. The van der Waals surface area contributed by atoms with Gasteiger partial charge in [0.15, 0.2) is 0 Å². The molecule has 2 N–H and O–H groups in total. The molecule has 1 aliphatic rings. The fraction of sp³-hybridized carbons (Fsp3) is 0.222. The van der Waals surface area contributed by atoms with E-state index in [1.54, 1.807) is 36.4 Å². The molecule has 0 aliphatic heterocycles. The largest absolute Gasteiger partial charge is 0.489 e. The number of carboxylic acid groups (broad SMARTS) is 1. The van der Waals surface area contributed by atoms with Crippen LogP contribution in [0.4, 0.5) is 4.39 Å². The first-order chi connectivity index (χ1) is 15.5. The number of carboxylic acids is 1. The highest BCUT2D eigenvalue weighted by molar-refractivity contribution is 5.87. The summed E-state index contributed by atoms with van der Waals surface area (Å²) in [5, 5.41) is 19.8. The molecule has 0 heterocycles. The molecule has 1 atom stereocenters. The van der Waals surface area contributed by atoms with Crippen LogP contribution < -0.4 is 4.74 Å². The van der Waals surface area contributed by atoms with Gasteiger partial charge in [-0.05, 0) is 83.8 Å². The molecule has 4 nitrogen and oxygen atoms in total. The van der Waals surface area contributed by atoms with Crippen LogP contribution in [0.25, 0.3) is 6.08 Å². The number of ether oxygens (including phenoxy) is 1. The van der Waals surface area contributed by atoms with Gasteiger partial charge in [-0.15, -0.1) is 0 Å². The third-order valence-corrected chi connectivity index (χ3v) is 5.72. The van der Waals surface area contributed by atoms with Gasteiger partial charge in [-0.2, -0.15) is 0 Å². The van der Waals surface area contributed by atoms with E-state index in [9.17, 15) is 14.3 Å². The van der Waals surface area contributed by atoms with E-state index in [1.165, 1.54) is 35.4 Å². The van der Waals surface area contributed by atoms with Crippen molar-refractivity contribution in [3.05, 3.63) is 106 Å². The maximum atomic E-state index is 13.2. The van der Waals surface area contributed by atoms with Gasteiger partial charge in [0.2, 0.25) is 0 Å². The maximum absolute atomic E-state index is 13.2. The molecule has 0 saturated heterocycles. The van der Waals surface area contributed by atoms with E-state index in [0.717, 1.165) is 48.1 Å². The van der Waals surface area contributed by atoms with E-state index in [1.807, 2.05) is 12.1 Å².